The third-order valence-corrected chi connectivity index (χ3v) is 4.21. The highest BCUT2D eigenvalue weighted by Crippen LogP contribution is 2.47. The summed E-state index contributed by atoms with van der Waals surface area (Å²) in [5.74, 6) is -0.182. The predicted octanol–water partition coefficient (Wildman–Crippen LogP) is 3.49. The van der Waals surface area contributed by atoms with E-state index >= 15 is 0 Å². The maximum atomic E-state index is 12.1. The Morgan fingerprint density at radius 1 is 1.14 bits per heavy atom. The number of halogens is 1. The molecule has 118 valence electrons. The normalized spacial score (nSPS) is 11.2. The highest BCUT2D eigenvalue weighted by molar-refractivity contribution is 7.53. The molecule has 0 aromatic heterocycles. The Labute approximate surface area is 128 Å². The van der Waals surface area contributed by atoms with Gasteiger partial charge in [-0.15, -0.1) is 0 Å². The molecule has 0 heterocycles. The van der Waals surface area contributed by atoms with E-state index in [1.54, 1.807) is 38.1 Å². The summed E-state index contributed by atoms with van der Waals surface area (Å²) in [6.45, 7) is 3.46. The summed E-state index contributed by atoms with van der Waals surface area (Å²) < 4.78 is 32.1. The average Bonchev–Trinajstić information content (AvgIpc) is 2.45. The van der Waals surface area contributed by atoms with E-state index in [4.69, 9.17) is 30.1 Å². The lowest BCUT2D eigenvalue weighted by atomic mass is 10.3. The first kappa shape index (κ1) is 18.0. The van der Waals surface area contributed by atoms with Crippen molar-refractivity contribution in [1.29, 1.82) is 0 Å². The molecule has 0 saturated carbocycles. The maximum absolute atomic E-state index is 12.1. The van der Waals surface area contributed by atoms with Gasteiger partial charge in [0.15, 0.2) is 13.0 Å². The van der Waals surface area contributed by atoms with Crippen molar-refractivity contribution >= 4 is 25.2 Å². The highest BCUT2D eigenvalue weighted by Gasteiger charge is 2.25. The Hall–Kier alpha value is -1.07. The average molecular weight is 337 g/mol. The molecule has 1 aromatic carbocycles. The number of ether oxygens (including phenoxy) is 2. The van der Waals surface area contributed by atoms with Gasteiger partial charge >= 0.3 is 13.6 Å². The third-order valence-electron chi connectivity index (χ3n) is 2.21. The van der Waals surface area contributed by atoms with Crippen LogP contribution in [0.3, 0.4) is 0 Å². The Bertz CT molecular complexity index is 480. The Morgan fingerprint density at radius 3 is 2.24 bits per heavy atom. The molecule has 0 unspecified atom stereocenters. The summed E-state index contributed by atoms with van der Waals surface area (Å²) in [6, 6.07) is 6.53. The molecule has 0 aliphatic carbocycles. The lowest BCUT2D eigenvalue weighted by Crippen LogP contribution is -2.16. The van der Waals surface area contributed by atoms with Crippen molar-refractivity contribution in [2.45, 2.75) is 13.8 Å². The number of carbonyl (C=O) groups excluding carboxylic acids is 1. The molecule has 0 aliphatic rings. The number of hydrogen-bond donors (Lipinski definition) is 0. The minimum Gasteiger partial charge on any atom is -0.482 e. The lowest BCUT2D eigenvalue weighted by molar-refractivity contribution is -0.144. The molecule has 0 radical (unpaired) electrons. The van der Waals surface area contributed by atoms with Crippen molar-refractivity contribution in [3.05, 3.63) is 29.3 Å². The number of hydrogen-bond acceptors (Lipinski definition) is 6. The molecule has 0 atom stereocenters. The fourth-order valence-corrected chi connectivity index (χ4v) is 2.81. The Morgan fingerprint density at radius 2 is 1.71 bits per heavy atom. The highest BCUT2D eigenvalue weighted by atomic mass is 35.5. The van der Waals surface area contributed by atoms with Gasteiger partial charge in [0.1, 0.15) is 5.75 Å². The molecule has 0 fully saturated rings. The molecule has 0 N–H and O–H groups in total. The third kappa shape index (κ3) is 6.96. The second-order valence-corrected chi connectivity index (χ2v) is 6.27. The number of esters is 1. The van der Waals surface area contributed by atoms with Crippen LogP contribution in [0.25, 0.3) is 0 Å². The lowest BCUT2D eigenvalue weighted by Gasteiger charge is -2.16. The zero-order chi connectivity index (χ0) is 15.7. The van der Waals surface area contributed by atoms with Crippen LogP contribution in [0.1, 0.15) is 13.8 Å². The van der Waals surface area contributed by atoms with Gasteiger partial charge in [-0.05, 0) is 38.1 Å². The van der Waals surface area contributed by atoms with E-state index in [0.29, 0.717) is 10.8 Å². The molecule has 1 aromatic rings. The molecule has 0 amide bonds. The fraction of sp³-hybridized carbons (Fsp3) is 0.462. The summed E-state index contributed by atoms with van der Waals surface area (Å²) in [4.78, 5) is 11.5. The summed E-state index contributed by atoms with van der Waals surface area (Å²) in [5, 5.41) is 0.569. The predicted molar refractivity (Wildman–Crippen MR) is 78.8 cm³/mol. The first-order valence-corrected chi connectivity index (χ1v) is 8.52. The van der Waals surface area contributed by atoms with Crippen LogP contribution < -0.4 is 4.74 Å². The van der Waals surface area contributed by atoms with Crippen LogP contribution in [0.15, 0.2) is 24.3 Å². The quantitative estimate of drug-likeness (QED) is 0.508. The molecule has 0 saturated heterocycles. The Kier molecular flexibility index (Phi) is 7.75. The van der Waals surface area contributed by atoms with Crippen LogP contribution in [0, 0.1) is 0 Å². The SMILES string of the molecule is CCOP(=O)(COC(=O)COc1ccc(Cl)cc1)OCC. The van der Waals surface area contributed by atoms with E-state index < -0.39 is 19.9 Å². The van der Waals surface area contributed by atoms with E-state index in [2.05, 4.69) is 0 Å². The summed E-state index contributed by atoms with van der Waals surface area (Å²) in [7, 11) is -3.39. The topological polar surface area (TPSA) is 71.1 Å². The fourth-order valence-electron chi connectivity index (χ4n) is 1.37. The van der Waals surface area contributed by atoms with Gasteiger partial charge in [0.2, 0.25) is 0 Å². The van der Waals surface area contributed by atoms with Gasteiger partial charge < -0.3 is 18.5 Å². The number of benzene rings is 1. The van der Waals surface area contributed by atoms with Crippen molar-refractivity contribution in [2.75, 3.05) is 26.2 Å². The maximum Gasteiger partial charge on any atom is 0.367 e. The first-order chi connectivity index (χ1) is 9.99. The number of carbonyl (C=O) groups is 1. The van der Waals surface area contributed by atoms with E-state index in [9.17, 15) is 9.36 Å². The van der Waals surface area contributed by atoms with Gasteiger partial charge in [-0.25, -0.2) is 4.79 Å². The van der Waals surface area contributed by atoms with Crippen molar-refractivity contribution < 1.29 is 27.9 Å². The van der Waals surface area contributed by atoms with Crippen molar-refractivity contribution in [3.63, 3.8) is 0 Å². The molecular weight excluding hydrogens is 319 g/mol. The van der Waals surface area contributed by atoms with E-state index in [1.165, 1.54) is 0 Å². The van der Waals surface area contributed by atoms with Crippen molar-refractivity contribution in [3.8, 4) is 5.75 Å². The molecule has 6 nitrogen and oxygen atoms in total. The molecule has 0 spiro atoms. The zero-order valence-electron chi connectivity index (χ0n) is 11.9. The van der Waals surface area contributed by atoms with E-state index in [0.717, 1.165) is 0 Å². The van der Waals surface area contributed by atoms with Crippen molar-refractivity contribution in [1.82, 2.24) is 0 Å². The minimum absolute atomic E-state index is 0.204. The van der Waals surface area contributed by atoms with E-state index in [-0.39, 0.29) is 19.8 Å². The van der Waals surface area contributed by atoms with Crippen molar-refractivity contribution in [2.24, 2.45) is 0 Å². The Balaban J connectivity index is 2.39. The van der Waals surface area contributed by atoms with Crippen LogP contribution in [0.5, 0.6) is 5.75 Å². The van der Waals surface area contributed by atoms with Crippen LogP contribution in [-0.2, 0) is 23.1 Å². The summed E-state index contributed by atoms with van der Waals surface area (Å²) >= 11 is 5.73. The number of rotatable bonds is 9. The summed E-state index contributed by atoms with van der Waals surface area (Å²) in [6.07, 6.45) is -0.433. The molecule has 21 heavy (non-hydrogen) atoms. The standard InChI is InChI=1S/C13H18ClO6P/c1-3-19-21(16,20-4-2)10-18-13(15)9-17-12-7-5-11(14)6-8-12/h5-8H,3-4,9-10H2,1-2H3. The van der Waals surface area contributed by atoms with Gasteiger partial charge in [0.25, 0.3) is 0 Å². The van der Waals surface area contributed by atoms with Gasteiger partial charge in [-0.1, -0.05) is 11.6 Å². The zero-order valence-corrected chi connectivity index (χ0v) is 13.6. The molecule has 0 bridgehead atoms. The van der Waals surface area contributed by atoms with Gasteiger partial charge in [-0.3, -0.25) is 4.57 Å². The van der Waals surface area contributed by atoms with Crippen LogP contribution in [0.4, 0.5) is 0 Å². The molecule has 8 heteroatoms. The van der Waals surface area contributed by atoms with Crippen LogP contribution in [0.2, 0.25) is 5.02 Å². The minimum atomic E-state index is -3.39. The van der Waals surface area contributed by atoms with Gasteiger partial charge in [0, 0.05) is 5.02 Å². The summed E-state index contributed by atoms with van der Waals surface area (Å²) in [5.41, 5.74) is 0. The second-order valence-electron chi connectivity index (χ2n) is 3.83. The molecular formula is C13H18ClO6P. The van der Waals surface area contributed by atoms with Gasteiger partial charge in [0.05, 0.1) is 13.2 Å². The smallest absolute Gasteiger partial charge is 0.367 e. The largest absolute Gasteiger partial charge is 0.482 e. The van der Waals surface area contributed by atoms with Crippen LogP contribution in [-0.4, -0.2) is 32.1 Å². The van der Waals surface area contributed by atoms with E-state index in [1.807, 2.05) is 0 Å². The first-order valence-electron chi connectivity index (χ1n) is 6.41. The van der Waals surface area contributed by atoms with Gasteiger partial charge in [-0.2, -0.15) is 0 Å². The molecule has 0 aliphatic heterocycles. The van der Waals surface area contributed by atoms with Crippen LogP contribution >= 0.6 is 19.2 Å². The second kappa shape index (κ2) is 9.05. The monoisotopic (exact) mass is 336 g/mol. The molecule has 1 rings (SSSR count).